The Balaban J connectivity index is 0.000000390. The van der Waals surface area contributed by atoms with Crippen LogP contribution in [0, 0.1) is 0 Å². The van der Waals surface area contributed by atoms with Crippen LogP contribution >= 0.6 is 0 Å². The van der Waals surface area contributed by atoms with Crippen LogP contribution in [0.25, 0.3) is 0 Å². The average molecular weight is 256 g/mol. The highest BCUT2D eigenvalue weighted by atomic mass is 16.6. The van der Waals surface area contributed by atoms with Gasteiger partial charge in [0.2, 0.25) is 0 Å². The van der Waals surface area contributed by atoms with Crippen molar-refractivity contribution in [1.29, 1.82) is 0 Å². The summed E-state index contributed by atoms with van der Waals surface area (Å²) in [5.41, 5.74) is 1.99. The number of rotatable bonds is 2. The molecule has 3 rings (SSSR count). The van der Waals surface area contributed by atoms with E-state index in [1.807, 2.05) is 36.4 Å². The van der Waals surface area contributed by atoms with Crippen LogP contribution < -0.4 is 0 Å². The molecule has 1 heterocycles. The largest absolute Gasteiger partial charge is 0.508 e. The molecule has 1 N–H and O–H groups in total. The minimum Gasteiger partial charge on any atom is -0.508 e. The Bertz CT molecular complexity index is 513. The summed E-state index contributed by atoms with van der Waals surface area (Å²) < 4.78 is 4.50. The number of hydrogen-bond acceptors (Lipinski definition) is 2. The maximum Gasteiger partial charge on any atom is 0.119 e. The Morgan fingerprint density at radius 2 is 1.42 bits per heavy atom. The van der Waals surface area contributed by atoms with Gasteiger partial charge in [-0.3, -0.25) is 0 Å². The Kier molecular flexibility index (Phi) is 4.23. The molecule has 2 nitrogen and oxygen atoms in total. The predicted octanol–water partition coefficient (Wildman–Crippen LogP) is 3.73. The molecular weight excluding hydrogens is 236 g/mol. The molecule has 100 valence electrons. The van der Waals surface area contributed by atoms with Crippen molar-refractivity contribution in [3.05, 3.63) is 65.7 Å². The number of phenolic OH excluding ortho intramolecular Hbond substituents is 1. The minimum absolute atomic E-state index is 0.174. The first kappa shape index (κ1) is 13.6. The smallest absolute Gasteiger partial charge is 0.119 e. The van der Waals surface area contributed by atoms with Gasteiger partial charge in [0.15, 0.2) is 0 Å². The zero-order chi connectivity index (χ0) is 13.7. The van der Waals surface area contributed by atoms with Crippen LogP contribution in [0.5, 0.6) is 5.75 Å². The highest BCUT2D eigenvalue weighted by molar-refractivity contribution is 5.44. The Morgan fingerprint density at radius 1 is 0.895 bits per heavy atom. The van der Waals surface area contributed by atoms with E-state index in [4.69, 9.17) is 0 Å². The molecule has 0 unspecified atom stereocenters. The first-order valence-corrected chi connectivity index (χ1v) is 6.54. The van der Waals surface area contributed by atoms with E-state index >= 15 is 0 Å². The second kappa shape index (κ2) is 5.89. The lowest BCUT2D eigenvalue weighted by atomic mass is 9.78. The standard InChI is InChI=1S/C15H16O.C2H4O/c1-15(2,12-8-4-3-5-9-12)13-10-6-7-11-14(13)16;1-2-3-1/h3-11,16H,1-2H3;1-2H2. The third-order valence-electron chi connectivity index (χ3n) is 3.28. The lowest BCUT2D eigenvalue weighted by Gasteiger charge is -2.26. The lowest BCUT2D eigenvalue weighted by Crippen LogP contribution is -2.18. The van der Waals surface area contributed by atoms with Crippen LogP contribution in [0.15, 0.2) is 54.6 Å². The summed E-state index contributed by atoms with van der Waals surface area (Å²) in [6.07, 6.45) is 0. The second-order valence-corrected chi connectivity index (χ2v) is 5.12. The van der Waals surface area contributed by atoms with E-state index in [0.29, 0.717) is 5.75 Å². The summed E-state index contributed by atoms with van der Waals surface area (Å²) in [6, 6.07) is 17.7. The second-order valence-electron chi connectivity index (χ2n) is 5.12. The highest BCUT2D eigenvalue weighted by Gasteiger charge is 2.25. The van der Waals surface area contributed by atoms with Gasteiger partial charge in [-0.2, -0.15) is 0 Å². The molecule has 0 radical (unpaired) electrons. The fraction of sp³-hybridized carbons (Fsp3) is 0.294. The molecule has 0 bridgehead atoms. The third kappa shape index (κ3) is 3.58. The molecule has 0 spiro atoms. The van der Waals surface area contributed by atoms with Gasteiger partial charge < -0.3 is 9.84 Å². The van der Waals surface area contributed by atoms with Gasteiger partial charge in [0.25, 0.3) is 0 Å². The SMILES string of the molecule is C1CO1.CC(C)(c1ccccc1)c1ccccc1O. The molecular formula is C17H20O2. The van der Waals surface area contributed by atoms with Crippen LogP contribution in [-0.2, 0) is 10.2 Å². The van der Waals surface area contributed by atoms with Crippen molar-refractivity contribution in [1.82, 2.24) is 0 Å². The molecule has 0 saturated carbocycles. The first-order valence-electron chi connectivity index (χ1n) is 6.54. The molecule has 1 fully saturated rings. The number of aromatic hydroxyl groups is 1. The quantitative estimate of drug-likeness (QED) is 0.830. The van der Waals surface area contributed by atoms with Gasteiger partial charge in [-0.1, -0.05) is 62.4 Å². The number of benzene rings is 2. The van der Waals surface area contributed by atoms with Crippen LogP contribution in [0.4, 0.5) is 0 Å². The van der Waals surface area contributed by atoms with E-state index in [1.54, 1.807) is 6.07 Å². The van der Waals surface area contributed by atoms with Crippen LogP contribution in [-0.4, -0.2) is 18.3 Å². The maximum atomic E-state index is 9.91. The minimum atomic E-state index is -0.174. The first-order chi connectivity index (χ1) is 9.12. The van der Waals surface area contributed by atoms with E-state index in [-0.39, 0.29) is 5.41 Å². The van der Waals surface area contributed by atoms with Crippen LogP contribution in [0.2, 0.25) is 0 Å². The van der Waals surface area contributed by atoms with Gasteiger partial charge in [-0.25, -0.2) is 0 Å². The molecule has 0 aliphatic carbocycles. The van der Waals surface area contributed by atoms with Gasteiger partial charge in [0, 0.05) is 11.0 Å². The maximum absolute atomic E-state index is 9.91. The van der Waals surface area contributed by atoms with Crippen LogP contribution in [0.3, 0.4) is 0 Å². The Hall–Kier alpha value is -1.80. The van der Waals surface area contributed by atoms with Crippen molar-refractivity contribution < 1.29 is 9.84 Å². The molecule has 19 heavy (non-hydrogen) atoms. The zero-order valence-corrected chi connectivity index (χ0v) is 11.5. The van der Waals surface area contributed by atoms with Gasteiger partial charge in [0.05, 0.1) is 13.2 Å². The normalized spacial score (nSPS) is 13.4. The Labute approximate surface area is 114 Å². The number of epoxide rings is 1. The summed E-state index contributed by atoms with van der Waals surface area (Å²) in [5, 5.41) is 9.91. The van der Waals surface area contributed by atoms with E-state index in [2.05, 4.69) is 30.7 Å². The number of para-hydroxylation sites is 1. The summed E-state index contributed by atoms with van der Waals surface area (Å²) >= 11 is 0. The van der Waals surface area contributed by atoms with E-state index in [1.165, 1.54) is 5.56 Å². The van der Waals surface area contributed by atoms with Crippen molar-refractivity contribution in [2.24, 2.45) is 0 Å². The zero-order valence-electron chi connectivity index (χ0n) is 11.5. The van der Waals surface area contributed by atoms with Crippen molar-refractivity contribution >= 4 is 0 Å². The summed E-state index contributed by atoms with van der Waals surface area (Å²) in [4.78, 5) is 0. The van der Waals surface area contributed by atoms with E-state index in [9.17, 15) is 5.11 Å². The highest BCUT2D eigenvalue weighted by Crippen LogP contribution is 2.36. The Morgan fingerprint density at radius 3 is 1.95 bits per heavy atom. The molecule has 0 aromatic heterocycles. The monoisotopic (exact) mass is 256 g/mol. The molecule has 1 saturated heterocycles. The van der Waals surface area contributed by atoms with Gasteiger partial charge >= 0.3 is 0 Å². The van der Waals surface area contributed by atoms with Gasteiger partial charge in [-0.15, -0.1) is 0 Å². The summed E-state index contributed by atoms with van der Waals surface area (Å²) in [5.74, 6) is 0.358. The molecule has 0 amide bonds. The van der Waals surface area contributed by atoms with Crippen molar-refractivity contribution in [2.75, 3.05) is 13.2 Å². The molecule has 1 aliphatic heterocycles. The third-order valence-corrected chi connectivity index (χ3v) is 3.28. The molecule has 0 atom stereocenters. The van der Waals surface area contributed by atoms with Crippen LogP contribution in [0.1, 0.15) is 25.0 Å². The van der Waals surface area contributed by atoms with Crippen molar-refractivity contribution in [3.8, 4) is 5.75 Å². The van der Waals surface area contributed by atoms with Crippen molar-refractivity contribution in [2.45, 2.75) is 19.3 Å². The van der Waals surface area contributed by atoms with E-state index < -0.39 is 0 Å². The number of ether oxygens (including phenoxy) is 1. The summed E-state index contributed by atoms with van der Waals surface area (Å²) in [7, 11) is 0. The topological polar surface area (TPSA) is 32.8 Å². The number of hydrogen-bond donors (Lipinski definition) is 1. The average Bonchev–Trinajstić information content (AvgIpc) is 3.28. The van der Waals surface area contributed by atoms with E-state index in [0.717, 1.165) is 18.8 Å². The summed E-state index contributed by atoms with van der Waals surface area (Å²) in [6.45, 7) is 6.24. The van der Waals surface area contributed by atoms with Crippen molar-refractivity contribution in [3.63, 3.8) is 0 Å². The molecule has 2 aromatic carbocycles. The fourth-order valence-electron chi connectivity index (χ4n) is 2.01. The number of phenols is 1. The lowest BCUT2D eigenvalue weighted by molar-refractivity contribution is 0.453. The fourth-order valence-corrected chi connectivity index (χ4v) is 2.01. The molecule has 2 aromatic rings. The predicted molar refractivity (Wildman–Crippen MR) is 77.5 cm³/mol. The molecule has 1 aliphatic rings. The van der Waals surface area contributed by atoms with Gasteiger partial charge in [-0.05, 0) is 11.6 Å². The van der Waals surface area contributed by atoms with Gasteiger partial charge in [0.1, 0.15) is 5.75 Å². The molecule has 2 heteroatoms.